The average Bonchev–Trinajstić information content (AvgIpc) is 2.98. The van der Waals surface area contributed by atoms with Crippen molar-refractivity contribution in [2.75, 3.05) is 14.2 Å². The summed E-state index contributed by atoms with van der Waals surface area (Å²) in [6.07, 6.45) is 1.41. The predicted octanol–water partition coefficient (Wildman–Crippen LogP) is 4.91. The summed E-state index contributed by atoms with van der Waals surface area (Å²) in [5.41, 5.74) is 2.23. The van der Waals surface area contributed by atoms with E-state index in [0.717, 1.165) is 0 Å². The highest BCUT2D eigenvalue weighted by Crippen LogP contribution is 2.34. The molecule has 0 atom stereocenters. The summed E-state index contributed by atoms with van der Waals surface area (Å²) in [4.78, 5) is 25.9. The third-order valence-electron chi connectivity index (χ3n) is 5.86. The topological polar surface area (TPSA) is 106 Å². The minimum atomic E-state index is -1.95. The number of amides is 1. The van der Waals surface area contributed by atoms with E-state index in [2.05, 4.69) is 10.5 Å². The Balaban J connectivity index is 1.53. The van der Waals surface area contributed by atoms with Gasteiger partial charge in [-0.3, -0.25) is 4.79 Å². The van der Waals surface area contributed by atoms with Crippen molar-refractivity contribution in [2.45, 2.75) is 5.60 Å². The van der Waals surface area contributed by atoms with E-state index in [1.165, 1.54) is 13.3 Å². The molecular weight excluding hydrogens is 611 g/mol. The van der Waals surface area contributed by atoms with Crippen LogP contribution in [-0.4, -0.2) is 37.4 Å². The van der Waals surface area contributed by atoms with Crippen LogP contribution in [0.4, 0.5) is 0 Å². The van der Waals surface area contributed by atoms with Gasteiger partial charge in [-0.1, -0.05) is 60.7 Å². The maximum absolute atomic E-state index is 13.2. The minimum absolute atomic E-state index is 0.252. The van der Waals surface area contributed by atoms with Gasteiger partial charge in [-0.15, -0.1) is 0 Å². The summed E-state index contributed by atoms with van der Waals surface area (Å²) < 4.78 is 16.8. The molecule has 4 rings (SSSR count). The van der Waals surface area contributed by atoms with Crippen molar-refractivity contribution < 1.29 is 28.9 Å². The summed E-state index contributed by atoms with van der Waals surface area (Å²) in [7, 11) is 3.00. The fraction of sp³-hybridized carbons (Fsp3) is 0.100. The first-order chi connectivity index (χ1) is 18.9. The summed E-state index contributed by atoms with van der Waals surface area (Å²) in [5, 5.41) is 15.6. The fourth-order valence-corrected chi connectivity index (χ4v) is 4.56. The van der Waals surface area contributed by atoms with Gasteiger partial charge < -0.3 is 19.3 Å². The number of nitrogens with one attached hydrogen (secondary N) is 1. The second kappa shape index (κ2) is 12.5. The summed E-state index contributed by atoms with van der Waals surface area (Å²) in [6, 6.07) is 27.2. The lowest BCUT2D eigenvalue weighted by Gasteiger charge is -2.27. The average molecular weight is 636 g/mol. The summed E-state index contributed by atoms with van der Waals surface area (Å²) in [5.74, 6) is -0.0869. The molecule has 8 nitrogen and oxygen atoms in total. The van der Waals surface area contributed by atoms with Crippen LogP contribution >= 0.6 is 22.6 Å². The Morgan fingerprint density at radius 1 is 0.872 bits per heavy atom. The fourth-order valence-electron chi connectivity index (χ4n) is 3.83. The van der Waals surface area contributed by atoms with Crippen LogP contribution in [0.3, 0.4) is 0 Å². The van der Waals surface area contributed by atoms with Crippen LogP contribution in [0.2, 0.25) is 0 Å². The highest BCUT2D eigenvalue weighted by molar-refractivity contribution is 14.1. The van der Waals surface area contributed by atoms with E-state index in [-0.39, 0.29) is 5.75 Å². The van der Waals surface area contributed by atoms with Crippen molar-refractivity contribution in [2.24, 2.45) is 5.10 Å². The molecule has 0 aliphatic carbocycles. The van der Waals surface area contributed by atoms with Crippen molar-refractivity contribution in [1.82, 2.24) is 5.43 Å². The van der Waals surface area contributed by atoms with Crippen molar-refractivity contribution in [1.29, 1.82) is 0 Å². The Kier molecular flexibility index (Phi) is 8.95. The number of methoxy groups -OCH3 is 2. The number of hydrogen-bond acceptors (Lipinski definition) is 7. The van der Waals surface area contributed by atoms with Crippen molar-refractivity contribution in [3.8, 4) is 17.2 Å². The van der Waals surface area contributed by atoms with E-state index in [0.29, 0.717) is 37.3 Å². The van der Waals surface area contributed by atoms with Gasteiger partial charge in [0.25, 0.3) is 5.91 Å². The smallest absolute Gasteiger partial charge is 0.343 e. The highest BCUT2D eigenvalue weighted by Gasteiger charge is 2.39. The Morgan fingerprint density at radius 2 is 1.46 bits per heavy atom. The van der Waals surface area contributed by atoms with Gasteiger partial charge in [0, 0.05) is 0 Å². The number of esters is 1. The predicted molar refractivity (Wildman–Crippen MR) is 155 cm³/mol. The van der Waals surface area contributed by atoms with Gasteiger partial charge in [0.2, 0.25) is 0 Å². The van der Waals surface area contributed by atoms with E-state index < -0.39 is 17.5 Å². The third kappa shape index (κ3) is 6.27. The van der Waals surface area contributed by atoms with Crippen molar-refractivity contribution in [3.05, 3.63) is 123 Å². The lowest BCUT2D eigenvalue weighted by atomic mass is 9.85. The molecule has 0 saturated carbocycles. The van der Waals surface area contributed by atoms with Crippen LogP contribution in [-0.2, 0) is 10.4 Å². The maximum atomic E-state index is 13.2. The lowest BCUT2D eigenvalue weighted by molar-refractivity contribution is -0.136. The van der Waals surface area contributed by atoms with Crippen LogP contribution in [0.1, 0.15) is 27.0 Å². The van der Waals surface area contributed by atoms with Crippen LogP contribution in [0.15, 0.2) is 102 Å². The monoisotopic (exact) mass is 636 g/mol. The number of hydrogen-bond donors (Lipinski definition) is 2. The molecule has 0 radical (unpaired) electrons. The zero-order valence-corrected chi connectivity index (χ0v) is 23.3. The molecule has 0 fully saturated rings. The van der Waals surface area contributed by atoms with Crippen molar-refractivity contribution in [3.63, 3.8) is 0 Å². The molecule has 4 aromatic rings. The van der Waals surface area contributed by atoms with E-state index in [1.807, 2.05) is 22.6 Å². The first kappa shape index (κ1) is 27.8. The lowest BCUT2D eigenvalue weighted by Crippen LogP contribution is -2.43. The molecule has 0 aliphatic heterocycles. The Morgan fingerprint density at radius 3 is 2.00 bits per heavy atom. The molecule has 0 aliphatic rings. The zero-order chi connectivity index (χ0) is 27.8. The van der Waals surface area contributed by atoms with Gasteiger partial charge in [-0.05, 0) is 75.7 Å². The second-order valence-electron chi connectivity index (χ2n) is 8.29. The number of benzene rings is 4. The second-order valence-corrected chi connectivity index (χ2v) is 9.46. The molecule has 198 valence electrons. The molecule has 9 heteroatoms. The van der Waals surface area contributed by atoms with E-state index in [1.54, 1.807) is 104 Å². The Bertz CT molecular complexity index is 1440. The van der Waals surface area contributed by atoms with Gasteiger partial charge >= 0.3 is 5.97 Å². The Labute approximate surface area is 239 Å². The number of nitrogens with zero attached hydrogens (tertiary/aromatic N) is 1. The van der Waals surface area contributed by atoms with Gasteiger partial charge in [0.05, 0.1) is 29.6 Å². The number of carbonyl (C=O) groups is 2. The number of aliphatic hydroxyl groups is 1. The first-order valence-electron chi connectivity index (χ1n) is 11.8. The van der Waals surface area contributed by atoms with Crippen LogP contribution < -0.4 is 19.6 Å². The highest BCUT2D eigenvalue weighted by atomic mass is 127. The Hall–Kier alpha value is -4.22. The molecule has 0 spiro atoms. The molecule has 0 bridgehead atoms. The third-order valence-corrected chi connectivity index (χ3v) is 6.66. The molecule has 1 amide bonds. The standard InChI is InChI=1S/C30H25IN2O6/c1-37-24-15-13-21(14-16-24)28(34)39-27-25(31)17-20(18-26(27)38-2)19-32-33-29(35)30(36,22-9-5-3-6-10-22)23-11-7-4-8-12-23/h3-19,36H,1-2H3,(H,33,35)/b32-19-. The minimum Gasteiger partial charge on any atom is -0.497 e. The van der Waals surface area contributed by atoms with Gasteiger partial charge in [0.15, 0.2) is 17.1 Å². The zero-order valence-electron chi connectivity index (χ0n) is 21.1. The maximum Gasteiger partial charge on any atom is 0.343 e. The van der Waals surface area contributed by atoms with E-state index in [4.69, 9.17) is 14.2 Å². The number of carbonyl (C=O) groups excluding carboxylic acids is 2. The van der Waals surface area contributed by atoms with Crippen LogP contribution in [0, 0.1) is 3.57 Å². The quantitative estimate of drug-likeness (QED) is 0.0890. The first-order valence-corrected chi connectivity index (χ1v) is 12.9. The SMILES string of the molecule is COc1ccc(C(=O)Oc2c(I)cc(/C=N\NC(=O)C(O)(c3ccccc3)c3ccccc3)cc2OC)cc1. The van der Waals surface area contributed by atoms with E-state index >= 15 is 0 Å². The normalized spacial score (nSPS) is 11.2. The molecule has 4 aromatic carbocycles. The number of halogens is 1. The molecule has 0 saturated heterocycles. The van der Waals surface area contributed by atoms with Crippen LogP contribution in [0.5, 0.6) is 17.2 Å². The summed E-state index contributed by atoms with van der Waals surface area (Å²) in [6.45, 7) is 0. The molecule has 2 N–H and O–H groups in total. The summed E-state index contributed by atoms with van der Waals surface area (Å²) >= 11 is 2.03. The van der Waals surface area contributed by atoms with Gasteiger partial charge in [-0.25, -0.2) is 10.2 Å². The molecule has 0 aromatic heterocycles. The van der Waals surface area contributed by atoms with E-state index in [9.17, 15) is 14.7 Å². The van der Waals surface area contributed by atoms with Gasteiger partial charge in [-0.2, -0.15) is 5.10 Å². The molecule has 0 unspecified atom stereocenters. The molecule has 0 heterocycles. The van der Waals surface area contributed by atoms with Crippen molar-refractivity contribution >= 4 is 40.7 Å². The van der Waals surface area contributed by atoms with Gasteiger partial charge in [0.1, 0.15) is 5.75 Å². The van der Waals surface area contributed by atoms with Crippen LogP contribution in [0.25, 0.3) is 0 Å². The number of rotatable bonds is 9. The molecule has 39 heavy (non-hydrogen) atoms. The largest absolute Gasteiger partial charge is 0.497 e. The number of ether oxygens (including phenoxy) is 3. The molecular formula is C30H25IN2O6. The number of hydrazone groups is 1.